The molecular formula is C17H13NO2S. The lowest BCUT2D eigenvalue weighted by molar-refractivity contribution is -0.113. The molecule has 0 atom stereocenters. The van der Waals surface area contributed by atoms with E-state index in [2.05, 4.69) is 0 Å². The second kappa shape index (κ2) is 5.58. The van der Waals surface area contributed by atoms with Crippen LogP contribution in [0.5, 0.6) is 0 Å². The van der Waals surface area contributed by atoms with Gasteiger partial charge in [0.15, 0.2) is 0 Å². The van der Waals surface area contributed by atoms with Crippen molar-refractivity contribution < 1.29 is 9.59 Å². The molecule has 1 heterocycles. The van der Waals surface area contributed by atoms with Gasteiger partial charge in [-0.3, -0.25) is 9.59 Å². The topological polar surface area (TPSA) is 37.4 Å². The number of benzene rings is 2. The SMILES string of the molecule is Cc1ccc(N2C(=O)S/C(=C/c3ccccc3)C2=O)cc1. The molecule has 2 aromatic carbocycles. The summed E-state index contributed by atoms with van der Waals surface area (Å²) in [4.78, 5) is 26.2. The Bertz CT molecular complexity index is 720. The number of rotatable bonds is 2. The van der Waals surface area contributed by atoms with Crippen LogP contribution < -0.4 is 4.90 Å². The number of carbonyl (C=O) groups is 2. The first kappa shape index (κ1) is 13.6. The number of nitrogens with zero attached hydrogens (tertiary/aromatic N) is 1. The molecule has 0 unspecified atom stereocenters. The first-order valence-corrected chi connectivity index (χ1v) is 7.36. The highest BCUT2D eigenvalue weighted by Crippen LogP contribution is 2.35. The van der Waals surface area contributed by atoms with Gasteiger partial charge in [-0.2, -0.15) is 0 Å². The molecule has 4 heteroatoms. The van der Waals surface area contributed by atoms with E-state index in [1.165, 1.54) is 4.90 Å². The van der Waals surface area contributed by atoms with Crippen molar-refractivity contribution in [1.82, 2.24) is 0 Å². The van der Waals surface area contributed by atoms with Gasteiger partial charge in [-0.1, -0.05) is 48.0 Å². The Kier molecular flexibility index (Phi) is 3.62. The quantitative estimate of drug-likeness (QED) is 0.778. The van der Waals surface area contributed by atoms with E-state index in [-0.39, 0.29) is 11.1 Å². The first-order chi connectivity index (χ1) is 10.1. The zero-order chi connectivity index (χ0) is 14.8. The second-order valence-corrected chi connectivity index (χ2v) is 5.76. The molecule has 0 saturated carbocycles. The third-order valence-electron chi connectivity index (χ3n) is 3.18. The smallest absolute Gasteiger partial charge is 0.268 e. The predicted molar refractivity (Wildman–Crippen MR) is 86.1 cm³/mol. The molecular weight excluding hydrogens is 282 g/mol. The van der Waals surface area contributed by atoms with Crippen molar-refractivity contribution in [2.45, 2.75) is 6.92 Å². The molecule has 2 amide bonds. The average Bonchev–Trinajstić information content (AvgIpc) is 2.76. The van der Waals surface area contributed by atoms with E-state index in [1.807, 2.05) is 49.4 Å². The van der Waals surface area contributed by atoms with Gasteiger partial charge in [-0.25, -0.2) is 4.90 Å². The van der Waals surface area contributed by atoms with Gasteiger partial charge in [0.2, 0.25) is 0 Å². The summed E-state index contributed by atoms with van der Waals surface area (Å²) >= 11 is 0.974. The van der Waals surface area contributed by atoms with Crippen molar-refractivity contribution in [1.29, 1.82) is 0 Å². The van der Waals surface area contributed by atoms with E-state index in [0.717, 1.165) is 22.9 Å². The van der Waals surface area contributed by atoms with Crippen LogP contribution in [0.15, 0.2) is 59.5 Å². The fraction of sp³-hybridized carbons (Fsp3) is 0.0588. The van der Waals surface area contributed by atoms with Crippen molar-refractivity contribution in [3.05, 3.63) is 70.6 Å². The minimum atomic E-state index is -0.266. The number of anilines is 1. The van der Waals surface area contributed by atoms with Gasteiger partial charge in [-0.15, -0.1) is 0 Å². The largest absolute Gasteiger partial charge is 0.298 e. The van der Waals surface area contributed by atoms with Gasteiger partial charge >= 0.3 is 0 Å². The monoisotopic (exact) mass is 295 g/mol. The fourth-order valence-electron chi connectivity index (χ4n) is 2.08. The van der Waals surface area contributed by atoms with Gasteiger partial charge in [0.05, 0.1) is 10.6 Å². The Morgan fingerprint density at radius 3 is 2.29 bits per heavy atom. The number of hydrogen-bond donors (Lipinski definition) is 0. The Morgan fingerprint density at radius 2 is 1.62 bits per heavy atom. The Hall–Kier alpha value is -2.33. The maximum atomic E-state index is 12.4. The third kappa shape index (κ3) is 2.76. The van der Waals surface area contributed by atoms with E-state index in [9.17, 15) is 9.59 Å². The van der Waals surface area contributed by atoms with Crippen LogP contribution in [0.3, 0.4) is 0 Å². The average molecular weight is 295 g/mol. The van der Waals surface area contributed by atoms with Gasteiger partial charge in [-0.05, 0) is 42.5 Å². The summed E-state index contributed by atoms with van der Waals surface area (Å²) in [5.41, 5.74) is 2.61. The predicted octanol–water partition coefficient (Wildman–Crippen LogP) is 4.24. The lowest BCUT2D eigenvalue weighted by Gasteiger charge is -2.12. The molecule has 1 saturated heterocycles. The maximum Gasteiger partial charge on any atom is 0.298 e. The van der Waals surface area contributed by atoms with Crippen LogP contribution in [0.4, 0.5) is 10.5 Å². The van der Waals surface area contributed by atoms with E-state index >= 15 is 0 Å². The summed E-state index contributed by atoms with van der Waals surface area (Å²) in [7, 11) is 0. The maximum absolute atomic E-state index is 12.4. The van der Waals surface area contributed by atoms with Crippen LogP contribution in [-0.2, 0) is 4.79 Å². The molecule has 1 aliphatic rings. The van der Waals surface area contributed by atoms with E-state index in [4.69, 9.17) is 0 Å². The van der Waals surface area contributed by atoms with Crippen molar-refractivity contribution in [2.75, 3.05) is 4.90 Å². The summed E-state index contributed by atoms with van der Waals surface area (Å²) in [5.74, 6) is -0.266. The number of imide groups is 1. The molecule has 0 spiro atoms. The van der Waals surface area contributed by atoms with Crippen molar-refractivity contribution in [2.24, 2.45) is 0 Å². The summed E-state index contributed by atoms with van der Waals surface area (Å²) < 4.78 is 0. The number of aryl methyl sites for hydroxylation is 1. The first-order valence-electron chi connectivity index (χ1n) is 6.55. The molecule has 21 heavy (non-hydrogen) atoms. The molecule has 0 N–H and O–H groups in total. The zero-order valence-corrected chi connectivity index (χ0v) is 12.3. The van der Waals surface area contributed by atoms with Gasteiger partial charge in [0.25, 0.3) is 11.1 Å². The Balaban J connectivity index is 1.92. The molecule has 0 aromatic heterocycles. The molecule has 104 valence electrons. The molecule has 3 nitrogen and oxygen atoms in total. The van der Waals surface area contributed by atoms with Crippen LogP contribution in [0.25, 0.3) is 6.08 Å². The number of thioether (sulfide) groups is 1. The van der Waals surface area contributed by atoms with Gasteiger partial charge in [0.1, 0.15) is 0 Å². The Labute approximate surface area is 127 Å². The molecule has 1 aliphatic heterocycles. The fourth-order valence-corrected chi connectivity index (χ4v) is 2.93. The summed E-state index contributed by atoms with van der Waals surface area (Å²) in [6.07, 6.45) is 1.75. The van der Waals surface area contributed by atoms with Gasteiger partial charge in [0, 0.05) is 0 Å². The van der Waals surface area contributed by atoms with Crippen molar-refractivity contribution in [3.63, 3.8) is 0 Å². The lowest BCUT2D eigenvalue weighted by Crippen LogP contribution is -2.27. The van der Waals surface area contributed by atoms with Crippen LogP contribution in [0.1, 0.15) is 11.1 Å². The summed E-state index contributed by atoms with van der Waals surface area (Å²) in [6.45, 7) is 1.97. The highest BCUT2D eigenvalue weighted by atomic mass is 32.2. The second-order valence-electron chi connectivity index (χ2n) is 4.76. The standard InChI is InChI=1S/C17H13NO2S/c1-12-7-9-14(10-8-12)18-16(19)15(21-17(18)20)11-13-5-3-2-4-6-13/h2-11H,1H3/b15-11+. The number of carbonyl (C=O) groups excluding carboxylic acids is 2. The molecule has 3 rings (SSSR count). The molecule has 0 bridgehead atoms. The van der Waals surface area contributed by atoms with E-state index in [1.54, 1.807) is 18.2 Å². The van der Waals surface area contributed by atoms with Crippen LogP contribution in [0, 0.1) is 6.92 Å². The number of hydrogen-bond acceptors (Lipinski definition) is 3. The van der Waals surface area contributed by atoms with Crippen LogP contribution in [-0.4, -0.2) is 11.1 Å². The molecule has 1 fully saturated rings. The van der Waals surface area contributed by atoms with Gasteiger partial charge < -0.3 is 0 Å². The molecule has 2 aromatic rings. The van der Waals surface area contributed by atoms with Crippen LogP contribution >= 0.6 is 11.8 Å². The summed E-state index contributed by atoms with van der Waals surface area (Å²) in [6, 6.07) is 16.9. The minimum absolute atomic E-state index is 0.258. The van der Waals surface area contributed by atoms with E-state index in [0.29, 0.717) is 10.6 Å². The lowest BCUT2D eigenvalue weighted by atomic mass is 10.2. The molecule has 0 radical (unpaired) electrons. The highest BCUT2D eigenvalue weighted by Gasteiger charge is 2.36. The zero-order valence-electron chi connectivity index (χ0n) is 11.4. The van der Waals surface area contributed by atoms with Crippen LogP contribution in [0.2, 0.25) is 0 Å². The normalized spacial score (nSPS) is 16.8. The minimum Gasteiger partial charge on any atom is -0.268 e. The van der Waals surface area contributed by atoms with Crippen molar-refractivity contribution in [3.8, 4) is 0 Å². The third-order valence-corrected chi connectivity index (χ3v) is 4.05. The van der Waals surface area contributed by atoms with E-state index < -0.39 is 0 Å². The Morgan fingerprint density at radius 1 is 0.952 bits per heavy atom. The highest BCUT2D eigenvalue weighted by molar-refractivity contribution is 8.19. The molecule has 0 aliphatic carbocycles. The van der Waals surface area contributed by atoms with Crippen molar-refractivity contribution >= 4 is 34.7 Å². The summed E-state index contributed by atoms with van der Waals surface area (Å²) in [5, 5.41) is -0.258. The number of amides is 2.